The Morgan fingerprint density at radius 1 is 1.30 bits per heavy atom. The first kappa shape index (κ1) is 15.1. The predicted octanol–water partition coefficient (Wildman–Crippen LogP) is 3.89. The van der Waals surface area contributed by atoms with E-state index in [1.807, 2.05) is 25.4 Å². The number of aromatic nitrogens is 2. The fraction of sp³-hybridized carbons (Fsp3) is 0.438. The van der Waals surface area contributed by atoms with E-state index in [-0.39, 0.29) is 0 Å². The molecule has 2 rings (SSSR count). The third kappa shape index (κ3) is 3.41. The highest BCUT2D eigenvalue weighted by molar-refractivity contribution is 6.30. The monoisotopic (exact) mass is 291 g/mol. The molecule has 20 heavy (non-hydrogen) atoms. The SMILES string of the molecule is Cc1ncn(-c2cc(Cl)ccc2CNCC(C)C)c1C. The molecule has 0 saturated heterocycles. The van der Waals surface area contributed by atoms with Crippen LogP contribution in [-0.2, 0) is 6.54 Å². The van der Waals surface area contributed by atoms with Crippen LogP contribution in [0, 0.1) is 19.8 Å². The summed E-state index contributed by atoms with van der Waals surface area (Å²) in [5, 5.41) is 4.23. The van der Waals surface area contributed by atoms with Gasteiger partial charge in [0.15, 0.2) is 0 Å². The number of rotatable bonds is 5. The number of aryl methyl sites for hydroxylation is 1. The van der Waals surface area contributed by atoms with E-state index in [9.17, 15) is 0 Å². The molecule has 0 atom stereocenters. The third-order valence-corrected chi connectivity index (χ3v) is 3.66. The highest BCUT2D eigenvalue weighted by Crippen LogP contribution is 2.22. The summed E-state index contributed by atoms with van der Waals surface area (Å²) in [4.78, 5) is 4.37. The number of hydrogen-bond acceptors (Lipinski definition) is 2. The van der Waals surface area contributed by atoms with Gasteiger partial charge < -0.3 is 9.88 Å². The molecular weight excluding hydrogens is 270 g/mol. The molecule has 0 saturated carbocycles. The molecule has 0 spiro atoms. The minimum absolute atomic E-state index is 0.642. The fourth-order valence-electron chi connectivity index (χ4n) is 2.15. The van der Waals surface area contributed by atoms with Crippen molar-refractivity contribution < 1.29 is 0 Å². The lowest BCUT2D eigenvalue weighted by Gasteiger charge is -2.14. The van der Waals surface area contributed by atoms with Crippen molar-refractivity contribution in [2.24, 2.45) is 5.92 Å². The summed E-state index contributed by atoms with van der Waals surface area (Å²) < 4.78 is 2.10. The minimum Gasteiger partial charge on any atom is -0.312 e. The number of nitrogens with one attached hydrogen (secondary N) is 1. The number of halogens is 1. The average Bonchev–Trinajstić information content (AvgIpc) is 2.71. The summed E-state index contributed by atoms with van der Waals surface area (Å²) in [5.74, 6) is 0.642. The van der Waals surface area contributed by atoms with Crippen molar-refractivity contribution in [2.45, 2.75) is 34.2 Å². The molecule has 1 heterocycles. The van der Waals surface area contributed by atoms with Crippen molar-refractivity contribution in [3.05, 3.63) is 46.5 Å². The van der Waals surface area contributed by atoms with Gasteiger partial charge in [-0.1, -0.05) is 31.5 Å². The second-order valence-corrected chi connectivity index (χ2v) is 6.02. The molecule has 0 amide bonds. The summed E-state index contributed by atoms with van der Waals surface area (Å²) in [6, 6.07) is 6.03. The zero-order chi connectivity index (χ0) is 14.7. The summed E-state index contributed by atoms with van der Waals surface area (Å²) in [6.45, 7) is 10.4. The molecule has 2 aromatic rings. The van der Waals surface area contributed by atoms with Crippen LogP contribution in [-0.4, -0.2) is 16.1 Å². The maximum absolute atomic E-state index is 6.16. The molecule has 0 aliphatic rings. The van der Waals surface area contributed by atoms with E-state index in [4.69, 9.17) is 11.6 Å². The number of hydrogen-bond donors (Lipinski definition) is 1. The molecule has 1 N–H and O–H groups in total. The average molecular weight is 292 g/mol. The van der Waals surface area contributed by atoms with Gasteiger partial charge in [0.25, 0.3) is 0 Å². The van der Waals surface area contributed by atoms with Crippen LogP contribution >= 0.6 is 11.6 Å². The second kappa shape index (κ2) is 6.42. The molecule has 108 valence electrons. The zero-order valence-corrected chi connectivity index (χ0v) is 13.3. The van der Waals surface area contributed by atoms with Crippen LogP contribution in [0.2, 0.25) is 5.02 Å². The second-order valence-electron chi connectivity index (χ2n) is 5.58. The fourth-order valence-corrected chi connectivity index (χ4v) is 2.31. The lowest BCUT2D eigenvalue weighted by molar-refractivity contribution is 0.551. The minimum atomic E-state index is 0.642. The van der Waals surface area contributed by atoms with Gasteiger partial charge in [-0.25, -0.2) is 4.98 Å². The van der Waals surface area contributed by atoms with E-state index in [0.29, 0.717) is 5.92 Å². The van der Waals surface area contributed by atoms with Gasteiger partial charge in [-0.3, -0.25) is 0 Å². The predicted molar refractivity (Wildman–Crippen MR) is 84.6 cm³/mol. The molecule has 0 bridgehead atoms. The van der Waals surface area contributed by atoms with Crippen LogP contribution < -0.4 is 5.32 Å². The molecule has 0 radical (unpaired) electrons. The summed E-state index contributed by atoms with van der Waals surface area (Å²) in [6.07, 6.45) is 1.86. The van der Waals surface area contributed by atoms with Gasteiger partial charge in [0, 0.05) is 17.3 Å². The molecule has 3 nitrogen and oxygen atoms in total. The smallest absolute Gasteiger partial charge is 0.0997 e. The summed E-state index contributed by atoms with van der Waals surface area (Å²) in [7, 11) is 0. The molecular formula is C16H22ClN3. The Bertz CT molecular complexity index is 587. The standard InChI is InChI=1S/C16H22ClN3/c1-11(2)8-18-9-14-5-6-15(17)7-16(14)20-10-19-12(3)13(20)4/h5-7,10-11,18H,8-9H2,1-4H3. The molecule has 0 aliphatic carbocycles. The Morgan fingerprint density at radius 2 is 2.05 bits per heavy atom. The van der Waals surface area contributed by atoms with Crippen molar-refractivity contribution in [2.75, 3.05) is 6.54 Å². The van der Waals surface area contributed by atoms with Gasteiger partial charge in [0.1, 0.15) is 0 Å². The van der Waals surface area contributed by atoms with Gasteiger partial charge in [-0.15, -0.1) is 0 Å². The lowest BCUT2D eigenvalue weighted by Crippen LogP contribution is -2.20. The highest BCUT2D eigenvalue weighted by Gasteiger charge is 2.10. The van der Waals surface area contributed by atoms with Gasteiger partial charge in [-0.2, -0.15) is 0 Å². The Hall–Kier alpha value is -1.32. The Labute approximate surface area is 126 Å². The van der Waals surface area contributed by atoms with E-state index in [2.05, 4.69) is 41.7 Å². The number of nitrogens with zero attached hydrogens (tertiary/aromatic N) is 2. The first-order valence-electron chi connectivity index (χ1n) is 6.99. The number of benzene rings is 1. The van der Waals surface area contributed by atoms with E-state index < -0.39 is 0 Å². The Kier molecular flexibility index (Phi) is 4.84. The van der Waals surface area contributed by atoms with E-state index in [1.54, 1.807) is 0 Å². The maximum atomic E-state index is 6.16. The zero-order valence-electron chi connectivity index (χ0n) is 12.6. The van der Waals surface area contributed by atoms with Gasteiger partial charge in [-0.05, 0) is 44.0 Å². The quantitative estimate of drug-likeness (QED) is 0.906. The van der Waals surface area contributed by atoms with Crippen LogP contribution in [0.3, 0.4) is 0 Å². The van der Waals surface area contributed by atoms with Crippen molar-refractivity contribution in [3.8, 4) is 5.69 Å². The molecule has 4 heteroatoms. The maximum Gasteiger partial charge on any atom is 0.0997 e. The highest BCUT2D eigenvalue weighted by atomic mass is 35.5. The van der Waals surface area contributed by atoms with Gasteiger partial charge >= 0.3 is 0 Å². The largest absolute Gasteiger partial charge is 0.312 e. The topological polar surface area (TPSA) is 29.9 Å². The van der Waals surface area contributed by atoms with Crippen LogP contribution in [0.25, 0.3) is 5.69 Å². The molecule has 1 aromatic heterocycles. The summed E-state index contributed by atoms with van der Waals surface area (Å²) >= 11 is 6.16. The van der Waals surface area contributed by atoms with Gasteiger partial charge in [0.05, 0.1) is 17.7 Å². The molecule has 0 unspecified atom stereocenters. The van der Waals surface area contributed by atoms with Crippen molar-refractivity contribution >= 4 is 11.6 Å². The van der Waals surface area contributed by atoms with E-state index in [0.717, 1.165) is 35.2 Å². The van der Waals surface area contributed by atoms with Crippen LogP contribution in [0.5, 0.6) is 0 Å². The normalized spacial score (nSPS) is 11.3. The first-order valence-corrected chi connectivity index (χ1v) is 7.37. The van der Waals surface area contributed by atoms with Crippen molar-refractivity contribution in [1.29, 1.82) is 0 Å². The summed E-state index contributed by atoms with van der Waals surface area (Å²) in [5.41, 5.74) is 4.53. The van der Waals surface area contributed by atoms with Crippen molar-refractivity contribution in [1.82, 2.24) is 14.9 Å². The van der Waals surface area contributed by atoms with Gasteiger partial charge in [0.2, 0.25) is 0 Å². The Balaban J connectivity index is 2.31. The van der Waals surface area contributed by atoms with Crippen LogP contribution in [0.1, 0.15) is 30.8 Å². The molecule has 0 fully saturated rings. The van der Waals surface area contributed by atoms with Crippen molar-refractivity contribution in [3.63, 3.8) is 0 Å². The van der Waals surface area contributed by atoms with E-state index >= 15 is 0 Å². The lowest BCUT2D eigenvalue weighted by atomic mass is 10.1. The first-order chi connectivity index (χ1) is 9.49. The number of imidazole rings is 1. The third-order valence-electron chi connectivity index (χ3n) is 3.43. The van der Waals surface area contributed by atoms with Crippen LogP contribution in [0.15, 0.2) is 24.5 Å². The Morgan fingerprint density at radius 3 is 2.65 bits per heavy atom. The molecule has 1 aromatic carbocycles. The molecule has 0 aliphatic heterocycles. The van der Waals surface area contributed by atoms with E-state index in [1.165, 1.54) is 5.56 Å². The van der Waals surface area contributed by atoms with Crippen LogP contribution in [0.4, 0.5) is 0 Å².